The fraction of sp³-hybridized carbons (Fsp3) is 0.129. The standard InChI is InChI=1S/C31H28N4O2S/c1-22-11-17-27(18-12-22)35-29(33-34-31(35)38-21-23-7-6-10-28(19-23)37-2)20-32-30(36)26-15-13-25(14-16-26)24-8-4-3-5-9-24/h3-19H,20-21H2,1-2H3,(H,32,36). The van der Waals surface area contributed by atoms with Crippen molar-refractivity contribution < 1.29 is 9.53 Å². The van der Waals surface area contributed by atoms with Gasteiger partial charge < -0.3 is 10.1 Å². The lowest BCUT2D eigenvalue weighted by atomic mass is 10.0. The second kappa shape index (κ2) is 11.8. The van der Waals surface area contributed by atoms with Crippen molar-refractivity contribution in [2.45, 2.75) is 24.4 Å². The molecule has 0 fully saturated rings. The molecule has 0 aliphatic heterocycles. The third-order valence-electron chi connectivity index (χ3n) is 6.16. The van der Waals surface area contributed by atoms with Gasteiger partial charge in [0.2, 0.25) is 0 Å². The minimum atomic E-state index is -0.159. The zero-order chi connectivity index (χ0) is 26.3. The molecule has 0 radical (unpaired) electrons. The summed E-state index contributed by atoms with van der Waals surface area (Å²) >= 11 is 1.59. The highest BCUT2D eigenvalue weighted by Gasteiger charge is 2.16. The predicted molar refractivity (Wildman–Crippen MR) is 152 cm³/mol. The van der Waals surface area contributed by atoms with Crippen LogP contribution in [0.5, 0.6) is 5.75 Å². The van der Waals surface area contributed by atoms with E-state index in [0.29, 0.717) is 17.1 Å². The second-order valence-corrected chi connectivity index (χ2v) is 9.78. The molecular weight excluding hydrogens is 492 g/mol. The second-order valence-electron chi connectivity index (χ2n) is 8.84. The van der Waals surface area contributed by atoms with Crippen LogP contribution in [0.4, 0.5) is 0 Å². The van der Waals surface area contributed by atoms with Crippen LogP contribution in [0.3, 0.4) is 0 Å². The summed E-state index contributed by atoms with van der Waals surface area (Å²) in [4.78, 5) is 13.0. The SMILES string of the molecule is COc1cccc(CSc2nnc(CNC(=O)c3ccc(-c4ccccc4)cc3)n2-c2ccc(C)cc2)c1. The molecule has 1 amide bonds. The number of nitrogens with one attached hydrogen (secondary N) is 1. The van der Waals surface area contributed by atoms with Crippen LogP contribution in [0.15, 0.2) is 108 Å². The smallest absolute Gasteiger partial charge is 0.251 e. The Morgan fingerprint density at radius 1 is 0.868 bits per heavy atom. The summed E-state index contributed by atoms with van der Waals surface area (Å²) in [5, 5.41) is 12.7. The quantitative estimate of drug-likeness (QED) is 0.226. The topological polar surface area (TPSA) is 69.0 Å². The van der Waals surface area contributed by atoms with Crippen molar-refractivity contribution in [2.24, 2.45) is 0 Å². The Kier molecular flexibility index (Phi) is 7.85. The number of carbonyl (C=O) groups excluding carboxylic acids is 1. The van der Waals surface area contributed by atoms with Gasteiger partial charge in [-0.25, -0.2) is 0 Å². The average molecular weight is 521 g/mol. The average Bonchev–Trinajstić information content (AvgIpc) is 3.38. The number of hydrogen-bond donors (Lipinski definition) is 1. The van der Waals surface area contributed by atoms with Gasteiger partial charge in [-0.15, -0.1) is 10.2 Å². The van der Waals surface area contributed by atoms with Gasteiger partial charge in [-0.3, -0.25) is 9.36 Å². The summed E-state index contributed by atoms with van der Waals surface area (Å²) < 4.78 is 7.36. The fourth-order valence-corrected chi connectivity index (χ4v) is 4.99. The van der Waals surface area contributed by atoms with Crippen LogP contribution in [0.25, 0.3) is 16.8 Å². The fourth-order valence-electron chi connectivity index (χ4n) is 4.08. The molecule has 1 heterocycles. The third-order valence-corrected chi connectivity index (χ3v) is 7.16. The van der Waals surface area contributed by atoms with Crippen LogP contribution in [-0.4, -0.2) is 27.8 Å². The Labute approximate surface area is 226 Å². The van der Waals surface area contributed by atoms with E-state index in [4.69, 9.17) is 4.74 Å². The lowest BCUT2D eigenvalue weighted by Crippen LogP contribution is -2.24. The van der Waals surface area contributed by atoms with E-state index in [2.05, 4.69) is 52.8 Å². The van der Waals surface area contributed by atoms with Crippen molar-refractivity contribution in [3.05, 3.63) is 126 Å². The Morgan fingerprint density at radius 2 is 1.61 bits per heavy atom. The number of ether oxygens (including phenoxy) is 1. The number of amides is 1. The molecule has 1 N–H and O–H groups in total. The first kappa shape index (κ1) is 25.3. The number of thioether (sulfide) groups is 1. The molecule has 0 atom stereocenters. The maximum atomic E-state index is 13.0. The van der Waals surface area contributed by atoms with Crippen LogP contribution >= 0.6 is 11.8 Å². The van der Waals surface area contributed by atoms with Crippen LogP contribution < -0.4 is 10.1 Å². The first-order valence-electron chi connectivity index (χ1n) is 12.3. The molecule has 5 aromatic rings. The lowest BCUT2D eigenvalue weighted by Gasteiger charge is -2.12. The number of carbonyl (C=O) groups is 1. The molecule has 5 rings (SSSR count). The van der Waals surface area contributed by atoms with Crippen molar-refractivity contribution in [1.29, 1.82) is 0 Å². The Morgan fingerprint density at radius 3 is 2.34 bits per heavy atom. The van der Waals surface area contributed by atoms with Crippen molar-refractivity contribution in [3.8, 4) is 22.6 Å². The number of benzene rings is 4. The molecule has 38 heavy (non-hydrogen) atoms. The molecule has 0 spiro atoms. The van der Waals surface area contributed by atoms with Gasteiger partial charge >= 0.3 is 0 Å². The molecule has 0 aliphatic rings. The van der Waals surface area contributed by atoms with E-state index in [-0.39, 0.29) is 12.5 Å². The van der Waals surface area contributed by atoms with Crippen LogP contribution in [0.2, 0.25) is 0 Å². The molecular formula is C31H28N4O2S. The van der Waals surface area contributed by atoms with Gasteiger partial charge in [-0.1, -0.05) is 84.1 Å². The highest BCUT2D eigenvalue weighted by atomic mass is 32.2. The van der Waals surface area contributed by atoms with E-state index < -0.39 is 0 Å². The number of aromatic nitrogens is 3. The van der Waals surface area contributed by atoms with E-state index >= 15 is 0 Å². The van der Waals surface area contributed by atoms with Gasteiger partial charge in [-0.05, 0) is 60.0 Å². The van der Waals surface area contributed by atoms with Gasteiger partial charge in [0, 0.05) is 17.0 Å². The zero-order valence-electron chi connectivity index (χ0n) is 21.3. The minimum Gasteiger partial charge on any atom is -0.497 e. The van der Waals surface area contributed by atoms with Crippen LogP contribution in [-0.2, 0) is 12.3 Å². The zero-order valence-corrected chi connectivity index (χ0v) is 22.1. The van der Waals surface area contributed by atoms with Gasteiger partial charge in [0.1, 0.15) is 5.75 Å². The highest BCUT2D eigenvalue weighted by Crippen LogP contribution is 2.27. The molecule has 0 aliphatic carbocycles. The monoisotopic (exact) mass is 520 g/mol. The predicted octanol–water partition coefficient (Wildman–Crippen LogP) is 6.47. The summed E-state index contributed by atoms with van der Waals surface area (Å²) in [7, 11) is 1.67. The van der Waals surface area contributed by atoms with Crippen LogP contribution in [0.1, 0.15) is 27.3 Å². The van der Waals surface area contributed by atoms with E-state index in [1.807, 2.05) is 77.4 Å². The number of nitrogens with zero attached hydrogens (tertiary/aromatic N) is 3. The minimum absolute atomic E-state index is 0.159. The summed E-state index contributed by atoms with van der Waals surface area (Å²) in [5.41, 5.74) is 6.02. The maximum absolute atomic E-state index is 13.0. The molecule has 0 saturated heterocycles. The van der Waals surface area contributed by atoms with E-state index in [0.717, 1.165) is 33.3 Å². The number of aryl methyl sites for hydroxylation is 1. The first-order chi connectivity index (χ1) is 18.6. The molecule has 1 aromatic heterocycles. The summed E-state index contributed by atoms with van der Waals surface area (Å²) in [5.74, 6) is 2.04. The van der Waals surface area contributed by atoms with Gasteiger partial charge in [0.15, 0.2) is 11.0 Å². The molecule has 0 unspecified atom stereocenters. The molecule has 4 aromatic carbocycles. The largest absolute Gasteiger partial charge is 0.497 e. The molecule has 0 bridgehead atoms. The Balaban J connectivity index is 1.33. The molecule has 7 heteroatoms. The van der Waals surface area contributed by atoms with Crippen LogP contribution in [0, 0.1) is 6.92 Å². The van der Waals surface area contributed by atoms with Gasteiger partial charge in [0.05, 0.1) is 13.7 Å². The molecule has 6 nitrogen and oxygen atoms in total. The summed E-state index contributed by atoms with van der Waals surface area (Å²) in [6.07, 6.45) is 0. The molecule has 0 saturated carbocycles. The number of methoxy groups -OCH3 is 1. The van der Waals surface area contributed by atoms with E-state index in [1.165, 1.54) is 5.56 Å². The van der Waals surface area contributed by atoms with Gasteiger partial charge in [-0.2, -0.15) is 0 Å². The van der Waals surface area contributed by atoms with Gasteiger partial charge in [0.25, 0.3) is 5.91 Å². The van der Waals surface area contributed by atoms with E-state index in [9.17, 15) is 4.79 Å². The first-order valence-corrected chi connectivity index (χ1v) is 13.3. The van der Waals surface area contributed by atoms with Crippen molar-refractivity contribution in [2.75, 3.05) is 7.11 Å². The number of hydrogen-bond acceptors (Lipinski definition) is 5. The Hall–Kier alpha value is -4.36. The summed E-state index contributed by atoms with van der Waals surface area (Å²) in [6, 6.07) is 33.9. The third kappa shape index (κ3) is 5.95. The van der Waals surface area contributed by atoms with Crippen molar-refractivity contribution in [1.82, 2.24) is 20.1 Å². The Bertz CT molecular complexity index is 1510. The van der Waals surface area contributed by atoms with Crippen molar-refractivity contribution >= 4 is 17.7 Å². The summed E-state index contributed by atoms with van der Waals surface area (Å²) in [6.45, 7) is 2.30. The number of rotatable bonds is 9. The highest BCUT2D eigenvalue weighted by molar-refractivity contribution is 7.98. The molecule has 190 valence electrons. The van der Waals surface area contributed by atoms with Crippen molar-refractivity contribution in [3.63, 3.8) is 0 Å². The van der Waals surface area contributed by atoms with E-state index in [1.54, 1.807) is 18.9 Å². The lowest BCUT2D eigenvalue weighted by molar-refractivity contribution is 0.0949. The normalized spacial score (nSPS) is 10.8. The maximum Gasteiger partial charge on any atom is 0.251 e.